The van der Waals surface area contributed by atoms with Gasteiger partial charge in [-0.25, -0.2) is 0 Å². The van der Waals surface area contributed by atoms with Crippen LogP contribution in [0.2, 0.25) is 0 Å². The van der Waals surface area contributed by atoms with Gasteiger partial charge in [-0.15, -0.1) is 0 Å². The standard InChI is InChI=1S/C13H15O/c1-3-5-10-14-13-9-6-8-12(11-13)7-4-2/h3-9,11H,2,10H2,1H3/b5-3?,7-4+. The molecule has 0 aliphatic heterocycles. The zero-order valence-electron chi connectivity index (χ0n) is 8.44. The van der Waals surface area contributed by atoms with Crippen LogP contribution in [0.15, 0.2) is 42.5 Å². The summed E-state index contributed by atoms with van der Waals surface area (Å²) in [6, 6.07) is 7.93. The molecule has 1 aromatic rings. The van der Waals surface area contributed by atoms with Gasteiger partial charge < -0.3 is 4.74 Å². The summed E-state index contributed by atoms with van der Waals surface area (Å²) in [7, 11) is 0. The van der Waals surface area contributed by atoms with Crippen molar-refractivity contribution in [2.75, 3.05) is 6.61 Å². The SMILES string of the molecule is [CH2]/C=C/c1cccc(OCC=CC)c1. The Morgan fingerprint density at radius 3 is 3.00 bits per heavy atom. The molecular formula is C13H15O. The van der Waals surface area contributed by atoms with Crippen LogP contribution in [-0.2, 0) is 0 Å². The molecule has 0 N–H and O–H groups in total. The van der Waals surface area contributed by atoms with Crippen LogP contribution < -0.4 is 4.74 Å². The van der Waals surface area contributed by atoms with Crippen molar-refractivity contribution in [3.05, 3.63) is 55.0 Å². The fraction of sp³-hybridized carbons (Fsp3) is 0.154. The molecule has 0 saturated heterocycles. The lowest BCUT2D eigenvalue weighted by molar-refractivity contribution is 0.362. The first kappa shape index (κ1) is 10.6. The summed E-state index contributed by atoms with van der Waals surface area (Å²) in [6.07, 6.45) is 7.66. The summed E-state index contributed by atoms with van der Waals surface area (Å²) in [5, 5.41) is 0. The number of hydrogen-bond acceptors (Lipinski definition) is 1. The topological polar surface area (TPSA) is 9.23 Å². The van der Waals surface area contributed by atoms with Gasteiger partial charge in [-0.3, -0.25) is 0 Å². The minimum absolute atomic E-state index is 0.619. The zero-order valence-corrected chi connectivity index (χ0v) is 8.44. The molecule has 1 heteroatoms. The second-order valence-corrected chi connectivity index (χ2v) is 2.85. The Kier molecular flexibility index (Phi) is 4.56. The van der Waals surface area contributed by atoms with Crippen molar-refractivity contribution in [3.8, 4) is 5.75 Å². The van der Waals surface area contributed by atoms with E-state index in [4.69, 9.17) is 4.74 Å². The van der Waals surface area contributed by atoms with E-state index in [0.717, 1.165) is 11.3 Å². The second kappa shape index (κ2) is 6.03. The van der Waals surface area contributed by atoms with E-state index in [1.54, 1.807) is 6.08 Å². The summed E-state index contributed by atoms with van der Waals surface area (Å²) in [5.74, 6) is 0.888. The summed E-state index contributed by atoms with van der Waals surface area (Å²) < 4.78 is 5.49. The summed E-state index contributed by atoms with van der Waals surface area (Å²) in [4.78, 5) is 0. The summed E-state index contributed by atoms with van der Waals surface area (Å²) in [6.45, 7) is 6.25. The molecule has 1 nitrogen and oxygen atoms in total. The van der Waals surface area contributed by atoms with Crippen LogP contribution in [-0.4, -0.2) is 6.61 Å². The Labute approximate surface area is 85.7 Å². The first-order valence-corrected chi connectivity index (χ1v) is 4.66. The van der Waals surface area contributed by atoms with Crippen LogP contribution in [0.3, 0.4) is 0 Å². The number of rotatable bonds is 4. The van der Waals surface area contributed by atoms with Gasteiger partial charge in [0, 0.05) is 0 Å². The molecule has 0 atom stereocenters. The van der Waals surface area contributed by atoms with E-state index in [2.05, 4.69) is 6.92 Å². The highest BCUT2D eigenvalue weighted by molar-refractivity contribution is 5.51. The van der Waals surface area contributed by atoms with Crippen molar-refractivity contribution >= 4 is 6.08 Å². The number of benzene rings is 1. The highest BCUT2D eigenvalue weighted by atomic mass is 16.5. The Morgan fingerprint density at radius 2 is 2.29 bits per heavy atom. The molecular weight excluding hydrogens is 172 g/mol. The minimum Gasteiger partial charge on any atom is -0.490 e. The average molecular weight is 187 g/mol. The van der Waals surface area contributed by atoms with Crippen molar-refractivity contribution in [1.29, 1.82) is 0 Å². The largest absolute Gasteiger partial charge is 0.490 e. The second-order valence-electron chi connectivity index (χ2n) is 2.85. The third-order valence-electron chi connectivity index (χ3n) is 1.75. The Bertz CT molecular complexity index is 324. The third-order valence-corrected chi connectivity index (χ3v) is 1.75. The molecule has 0 bridgehead atoms. The molecule has 0 saturated carbocycles. The summed E-state index contributed by atoms with van der Waals surface area (Å²) in [5.41, 5.74) is 1.11. The molecule has 0 amide bonds. The van der Waals surface area contributed by atoms with Crippen LogP contribution in [0, 0.1) is 6.92 Å². The lowest BCUT2D eigenvalue weighted by Gasteiger charge is -2.03. The Balaban J connectivity index is 2.63. The normalized spacial score (nSPS) is 11.3. The van der Waals surface area contributed by atoms with Gasteiger partial charge in [0.15, 0.2) is 0 Å². The molecule has 0 heterocycles. The quantitative estimate of drug-likeness (QED) is 0.656. The van der Waals surface area contributed by atoms with Crippen LogP contribution >= 0.6 is 0 Å². The van der Waals surface area contributed by atoms with Gasteiger partial charge in [0.1, 0.15) is 12.4 Å². The molecule has 0 aliphatic carbocycles. The van der Waals surface area contributed by atoms with E-state index in [1.165, 1.54) is 0 Å². The number of ether oxygens (including phenoxy) is 1. The van der Waals surface area contributed by atoms with Gasteiger partial charge in [0.25, 0.3) is 0 Å². The van der Waals surface area contributed by atoms with Crippen LogP contribution in [0.25, 0.3) is 6.08 Å². The van der Waals surface area contributed by atoms with Gasteiger partial charge in [-0.1, -0.05) is 36.4 Å². The Morgan fingerprint density at radius 1 is 1.43 bits per heavy atom. The molecule has 1 aromatic carbocycles. The first-order chi connectivity index (χ1) is 6.86. The molecule has 1 radical (unpaired) electrons. The van der Waals surface area contributed by atoms with Crippen molar-refractivity contribution < 1.29 is 4.74 Å². The average Bonchev–Trinajstić information content (AvgIpc) is 2.19. The van der Waals surface area contributed by atoms with Gasteiger partial charge in [0.05, 0.1) is 0 Å². The monoisotopic (exact) mass is 187 g/mol. The molecule has 0 aromatic heterocycles. The van der Waals surface area contributed by atoms with E-state index in [1.807, 2.05) is 49.4 Å². The molecule has 1 rings (SSSR count). The predicted octanol–water partition coefficient (Wildman–Crippen LogP) is 3.49. The van der Waals surface area contributed by atoms with Crippen molar-refractivity contribution in [1.82, 2.24) is 0 Å². The first-order valence-electron chi connectivity index (χ1n) is 4.66. The molecule has 73 valence electrons. The molecule has 0 fully saturated rings. The third kappa shape index (κ3) is 3.48. The van der Waals surface area contributed by atoms with E-state index in [0.29, 0.717) is 6.61 Å². The lowest BCUT2D eigenvalue weighted by atomic mass is 10.2. The molecule has 14 heavy (non-hydrogen) atoms. The van der Waals surface area contributed by atoms with Gasteiger partial charge in [0.2, 0.25) is 0 Å². The van der Waals surface area contributed by atoms with Crippen molar-refractivity contribution in [3.63, 3.8) is 0 Å². The van der Waals surface area contributed by atoms with Crippen LogP contribution in [0.1, 0.15) is 12.5 Å². The maximum atomic E-state index is 5.49. The minimum atomic E-state index is 0.619. The van der Waals surface area contributed by atoms with Gasteiger partial charge >= 0.3 is 0 Å². The number of allylic oxidation sites excluding steroid dienone is 2. The van der Waals surface area contributed by atoms with Gasteiger partial charge in [-0.05, 0) is 31.5 Å². The predicted molar refractivity (Wildman–Crippen MR) is 61.1 cm³/mol. The van der Waals surface area contributed by atoms with E-state index < -0.39 is 0 Å². The Hall–Kier alpha value is -1.50. The highest BCUT2D eigenvalue weighted by Crippen LogP contribution is 2.14. The van der Waals surface area contributed by atoms with E-state index in [9.17, 15) is 0 Å². The highest BCUT2D eigenvalue weighted by Gasteiger charge is 1.92. The summed E-state index contributed by atoms with van der Waals surface area (Å²) >= 11 is 0. The molecule has 0 aliphatic rings. The van der Waals surface area contributed by atoms with Crippen molar-refractivity contribution in [2.45, 2.75) is 6.92 Å². The fourth-order valence-electron chi connectivity index (χ4n) is 1.08. The van der Waals surface area contributed by atoms with Crippen LogP contribution in [0.5, 0.6) is 5.75 Å². The molecule has 0 unspecified atom stereocenters. The smallest absolute Gasteiger partial charge is 0.120 e. The van der Waals surface area contributed by atoms with Gasteiger partial charge in [-0.2, -0.15) is 0 Å². The number of hydrogen-bond donors (Lipinski definition) is 0. The van der Waals surface area contributed by atoms with E-state index >= 15 is 0 Å². The van der Waals surface area contributed by atoms with E-state index in [-0.39, 0.29) is 0 Å². The maximum Gasteiger partial charge on any atom is 0.120 e. The fourth-order valence-corrected chi connectivity index (χ4v) is 1.08. The maximum absolute atomic E-state index is 5.49. The zero-order chi connectivity index (χ0) is 10.2. The van der Waals surface area contributed by atoms with Crippen molar-refractivity contribution in [2.24, 2.45) is 0 Å². The lowest BCUT2D eigenvalue weighted by Crippen LogP contribution is -1.92. The van der Waals surface area contributed by atoms with Crippen LogP contribution in [0.4, 0.5) is 0 Å². The molecule has 0 spiro atoms.